The Hall–Kier alpha value is -1.06. The Bertz CT molecular complexity index is 354. The van der Waals surface area contributed by atoms with E-state index in [-0.39, 0.29) is 11.8 Å². The van der Waals surface area contributed by atoms with Crippen LogP contribution in [0.3, 0.4) is 0 Å². The minimum atomic E-state index is -0.268. The number of carbonyl (C=O) groups is 2. The number of unbranched alkanes of at least 4 members (excludes halogenated alkanes) is 13. The van der Waals surface area contributed by atoms with Crippen LogP contribution in [0.1, 0.15) is 129 Å². The predicted molar refractivity (Wildman–Crippen MR) is 120 cm³/mol. The Morgan fingerprint density at radius 1 is 0.571 bits per heavy atom. The highest BCUT2D eigenvalue weighted by atomic mass is 16.2. The molecule has 2 N–H and O–H groups in total. The summed E-state index contributed by atoms with van der Waals surface area (Å²) in [5.41, 5.74) is 5.18. The second-order valence-electron chi connectivity index (χ2n) is 8.30. The average molecular weight is 397 g/mol. The van der Waals surface area contributed by atoms with Gasteiger partial charge in [0.05, 0.1) is 0 Å². The summed E-state index contributed by atoms with van der Waals surface area (Å²) in [5, 5.41) is 0. The highest BCUT2D eigenvalue weighted by Gasteiger charge is 2.12. The summed E-state index contributed by atoms with van der Waals surface area (Å²) in [4.78, 5) is 25.5. The topological polar surface area (TPSA) is 63.4 Å². The zero-order valence-electron chi connectivity index (χ0n) is 19.0. The van der Waals surface area contributed by atoms with Crippen LogP contribution in [0, 0.1) is 0 Å². The molecule has 0 saturated heterocycles. The maximum absolute atomic E-state index is 12.6. The molecule has 4 nitrogen and oxygen atoms in total. The fourth-order valence-electron chi connectivity index (χ4n) is 3.61. The van der Waals surface area contributed by atoms with Crippen LogP contribution in [0.5, 0.6) is 0 Å². The number of carbonyl (C=O) groups excluding carboxylic acids is 2. The third-order valence-corrected chi connectivity index (χ3v) is 5.48. The summed E-state index contributed by atoms with van der Waals surface area (Å²) >= 11 is 0. The molecule has 0 atom stereocenters. The minimum Gasteiger partial charge on any atom is -0.370 e. The second-order valence-corrected chi connectivity index (χ2v) is 8.30. The molecule has 0 aromatic heterocycles. The van der Waals surface area contributed by atoms with Gasteiger partial charge in [0.25, 0.3) is 0 Å². The van der Waals surface area contributed by atoms with Crippen LogP contribution in [-0.4, -0.2) is 29.8 Å². The lowest BCUT2D eigenvalue weighted by Crippen LogP contribution is -2.32. The van der Waals surface area contributed by atoms with Crippen molar-refractivity contribution in [3.05, 3.63) is 0 Å². The third-order valence-electron chi connectivity index (χ3n) is 5.48. The molecular formula is C24H48N2O2. The summed E-state index contributed by atoms with van der Waals surface area (Å²) in [6, 6.07) is 0. The van der Waals surface area contributed by atoms with Gasteiger partial charge in [0, 0.05) is 25.9 Å². The summed E-state index contributed by atoms with van der Waals surface area (Å²) in [7, 11) is 0. The molecular weight excluding hydrogens is 348 g/mol. The molecule has 2 amide bonds. The Balaban J connectivity index is 4.07. The molecule has 166 valence electrons. The lowest BCUT2D eigenvalue weighted by Gasteiger charge is -2.23. The number of rotatable bonds is 21. The lowest BCUT2D eigenvalue weighted by molar-refractivity contribution is -0.131. The van der Waals surface area contributed by atoms with Crippen LogP contribution < -0.4 is 5.73 Å². The van der Waals surface area contributed by atoms with Crippen molar-refractivity contribution in [3.8, 4) is 0 Å². The summed E-state index contributed by atoms with van der Waals surface area (Å²) in [5.74, 6) is -0.00288. The molecule has 0 rings (SSSR count). The first-order valence-corrected chi connectivity index (χ1v) is 12.2. The van der Waals surface area contributed by atoms with Gasteiger partial charge in [-0.05, 0) is 25.7 Å². The van der Waals surface area contributed by atoms with Crippen LogP contribution in [0.25, 0.3) is 0 Å². The molecule has 0 aliphatic carbocycles. The van der Waals surface area contributed by atoms with E-state index in [1.807, 2.05) is 0 Å². The normalized spacial score (nSPS) is 10.9. The molecule has 0 saturated carbocycles. The van der Waals surface area contributed by atoms with Crippen LogP contribution >= 0.6 is 0 Å². The Morgan fingerprint density at radius 3 is 1.39 bits per heavy atom. The van der Waals surface area contributed by atoms with Gasteiger partial charge in [-0.2, -0.15) is 0 Å². The highest BCUT2D eigenvalue weighted by Crippen LogP contribution is 2.12. The number of nitrogens with two attached hydrogens (primary N) is 1. The first-order valence-electron chi connectivity index (χ1n) is 12.2. The Kier molecular flexibility index (Phi) is 19.9. The summed E-state index contributed by atoms with van der Waals surface area (Å²) < 4.78 is 0. The van der Waals surface area contributed by atoms with E-state index in [4.69, 9.17) is 5.73 Å². The molecule has 28 heavy (non-hydrogen) atoms. The maximum Gasteiger partial charge on any atom is 0.222 e. The lowest BCUT2D eigenvalue weighted by atomic mass is 10.1. The number of nitrogens with zero attached hydrogens (tertiary/aromatic N) is 1. The van der Waals surface area contributed by atoms with E-state index in [0.29, 0.717) is 12.8 Å². The van der Waals surface area contributed by atoms with Crippen molar-refractivity contribution in [2.24, 2.45) is 5.73 Å². The minimum absolute atomic E-state index is 0.265. The first kappa shape index (κ1) is 26.9. The van der Waals surface area contributed by atoms with E-state index in [1.54, 1.807) is 0 Å². The van der Waals surface area contributed by atoms with Crippen molar-refractivity contribution in [1.29, 1.82) is 0 Å². The number of hydrogen-bond acceptors (Lipinski definition) is 2. The number of amides is 2. The van der Waals surface area contributed by atoms with E-state index in [2.05, 4.69) is 18.7 Å². The van der Waals surface area contributed by atoms with Gasteiger partial charge in [0.1, 0.15) is 0 Å². The molecule has 0 heterocycles. The van der Waals surface area contributed by atoms with E-state index in [9.17, 15) is 9.59 Å². The standard InChI is InChI=1S/C24H48N2O2/c1-3-5-7-9-11-13-17-21-26(22-18-14-12-10-8-6-4-2)24(28)20-16-15-19-23(25)27/h3-22H2,1-2H3,(H2,25,27). The fourth-order valence-corrected chi connectivity index (χ4v) is 3.61. The van der Waals surface area contributed by atoms with Gasteiger partial charge in [-0.25, -0.2) is 0 Å². The van der Waals surface area contributed by atoms with Gasteiger partial charge >= 0.3 is 0 Å². The highest BCUT2D eigenvalue weighted by molar-refractivity contribution is 5.76. The van der Waals surface area contributed by atoms with Crippen LogP contribution in [-0.2, 0) is 9.59 Å². The quantitative estimate of drug-likeness (QED) is 0.229. The monoisotopic (exact) mass is 396 g/mol. The fraction of sp³-hybridized carbons (Fsp3) is 0.917. The number of primary amides is 1. The van der Waals surface area contributed by atoms with Crippen molar-refractivity contribution in [2.75, 3.05) is 13.1 Å². The van der Waals surface area contributed by atoms with Crippen molar-refractivity contribution >= 4 is 11.8 Å². The largest absolute Gasteiger partial charge is 0.370 e. The predicted octanol–water partition coefficient (Wildman–Crippen LogP) is 6.36. The van der Waals surface area contributed by atoms with Crippen molar-refractivity contribution in [1.82, 2.24) is 4.90 Å². The zero-order chi connectivity index (χ0) is 20.9. The molecule has 4 heteroatoms. The molecule has 0 aliphatic rings. The molecule has 0 bridgehead atoms. The van der Waals surface area contributed by atoms with E-state index in [0.717, 1.165) is 38.8 Å². The molecule has 0 radical (unpaired) electrons. The molecule has 0 aromatic rings. The SMILES string of the molecule is CCCCCCCCCN(CCCCCCCCC)C(=O)CCCCC(N)=O. The van der Waals surface area contributed by atoms with E-state index < -0.39 is 0 Å². The first-order chi connectivity index (χ1) is 13.6. The van der Waals surface area contributed by atoms with Crippen LogP contribution in [0.4, 0.5) is 0 Å². The molecule has 0 unspecified atom stereocenters. The van der Waals surface area contributed by atoms with E-state index in [1.165, 1.54) is 77.0 Å². The van der Waals surface area contributed by atoms with Gasteiger partial charge in [-0.15, -0.1) is 0 Å². The molecule has 0 spiro atoms. The van der Waals surface area contributed by atoms with Gasteiger partial charge < -0.3 is 10.6 Å². The Morgan fingerprint density at radius 2 is 0.964 bits per heavy atom. The van der Waals surface area contributed by atoms with Crippen LogP contribution in [0.2, 0.25) is 0 Å². The van der Waals surface area contributed by atoms with Crippen molar-refractivity contribution in [2.45, 2.75) is 129 Å². The van der Waals surface area contributed by atoms with Crippen molar-refractivity contribution < 1.29 is 9.59 Å². The third kappa shape index (κ3) is 18.3. The Labute approximate surface area is 175 Å². The summed E-state index contributed by atoms with van der Waals surface area (Å²) in [6.07, 6.45) is 20.3. The number of hydrogen-bond donors (Lipinski definition) is 1. The summed E-state index contributed by atoms with van der Waals surface area (Å²) in [6.45, 7) is 6.30. The average Bonchev–Trinajstić information content (AvgIpc) is 2.67. The van der Waals surface area contributed by atoms with Crippen LogP contribution in [0.15, 0.2) is 0 Å². The van der Waals surface area contributed by atoms with Gasteiger partial charge in [0.15, 0.2) is 0 Å². The van der Waals surface area contributed by atoms with Gasteiger partial charge in [-0.1, -0.05) is 90.9 Å². The molecule has 0 fully saturated rings. The smallest absolute Gasteiger partial charge is 0.222 e. The maximum atomic E-state index is 12.6. The molecule has 0 aliphatic heterocycles. The second kappa shape index (κ2) is 20.7. The van der Waals surface area contributed by atoms with Gasteiger partial charge in [-0.3, -0.25) is 9.59 Å². The zero-order valence-corrected chi connectivity index (χ0v) is 19.0. The van der Waals surface area contributed by atoms with Crippen molar-refractivity contribution in [3.63, 3.8) is 0 Å². The van der Waals surface area contributed by atoms with E-state index >= 15 is 0 Å². The van der Waals surface area contributed by atoms with Gasteiger partial charge in [0.2, 0.25) is 11.8 Å². The molecule has 0 aromatic carbocycles.